The van der Waals surface area contributed by atoms with Crippen LogP contribution < -0.4 is 5.32 Å². The van der Waals surface area contributed by atoms with Gasteiger partial charge in [-0.2, -0.15) is 0 Å². The molecule has 3 saturated heterocycles. The monoisotopic (exact) mass is 777 g/mol. The number of phenolic OH excluding ortho intramolecular Hbond substituents is 1. The molecule has 0 aromatic heterocycles. The second-order valence-corrected chi connectivity index (χ2v) is 16.9. The third-order valence-corrected chi connectivity index (χ3v) is 13.3. The highest BCUT2D eigenvalue weighted by molar-refractivity contribution is 6.12. The number of fused-ring (bicyclic) bond motifs is 3. The summed E-state index contributed by atoms with van der Waals surface area (Å²) in [6, 6.07) is 29.3. The molecule has 298 valence electrons. The van der Waals surface area contributed by atoms with Gasteiger partial charge in [0.25, 0.3) is 0 Å². The molecule has 0 bridgehead atoms. The van der Waals surface area contributed by atoms with Crippen LogP contribution in [-0.4, -0.2) is 62.5 Å². The highest BCUT2D eigenvalue weighted by Gasteiger charge is 2.74. The van der Waals surface area contributed by atoms with E-state index in [-0.39, 0.29) is 17.6 Å². The van der Waals surface area contributed by atoms with Gasteiger partial charge in [-0.1, -0.05) is 117 Å². The summed E-state index contributed by atoms with van der Waals surface area (Å²) in [5.41, 5.74) is 1.39. The number of esters is 1. The molecule has 6 atom stereocenters. The van der Waals surface area contributed by atoms with Gasteiger partial charge >= 0.3 is 5.97 Å². The van der Waals surface area contributed by atoms with Gasteiger partial charge < -0.3 is 25.2 Å². The largest absolute Gasteiger partial charge is 0.508 e. The van der Waals surface area contributed by atoms with Gasteiger partial charge in [-0.25, -0.2) is 0 Å². The summed E-state index contributed by atoms with van der Waals surface area (Å²) in [4.78, 5) is 50.3. The van der Waals surface area contributed by atoms with Crippen molar-refractivity contribution in [3.05, 3.63) is 131 Å². The molecular formula is C49H51N3O6. The Bertz CT molecular complexity index is 2220. The standard InChI is InChI=1S/C49H51N3O6/c53-37-23-21-36(22-24-37)44-49(38-32-33(20-25-39(38)50-47(49)56)26-29-48(57)27-12-2-3-13-28-48)40(45(54)51-30-14-4-1-5-15-31-51)42-46(55)58-43(35-18-10-7-11-19-35)41(52(42)44)34-16-8-6-9-17-34/h6-11,16-25,32,40-44,53,57H,1-5,12-15,27-28,30-31H2,(H,50,56)/t40-,41-,42-,43+,44+,49-/m1/s1. The van der Waals surface area contributed by atoms with Crippen molar-refractivity contribution in [1.29, 1.82) is 0 Å². The number of nitrogens with zero attached hydrogens (tertiary/aromatic N) is 2. The molecule has 0 unspecified atom stereocenters. The molecule has 9 nitrogen and oxygen atoms in total. The number of nitrogens with one attached hydrogen (secondary N) is 1. The second-order valence-electron chi connectivity index (χ2n) is 16.9. The van der Waals surface area contributed by atoms with Gasteiger partial charge in [-0.05, 0) is 91.1 Å². The Morgan fingerprint density at radius 2 is 1.34 bits per heavy atom. The topological polar surface area (TPSA) is 119 Å². The average Bonchev–Trinajstić information content (AvgIpc) is 3.59. The van der Waals surface area contributed by atoms with Crippen LogP contribution in [0.5, 0.6) is 5.75 Å². The van der Waals surface area contributed by atoms with Crippen LogP contribution in [0.2, 0.25) is 0 Å². The van der Waals surface area contributed by atoms with E-state index in [4.69, 9.17) is 4.74 Å². The Hall–Kier alpha value is -5.43. The SMILES string of the molecule is O=C1O[C@@H](c2ccccc2)[C@@H](c2ccccc2)N2[C@@H](c3ccc(O)cc3)[C@]3(C(=O)Nc4ccc(C#CC5(O)CCCCCC5)cc43)[C@@H](C(=O)N3CCCCCCC3)[C@H]12. The lowest BCUT2D eigenvalue weighted by Crippen LogP contribution is -2.55. The Kier molecular flexibility index (Phi) is 10.3. The summed E-state index contributed by atoms with van der Waals surface area (Å²) in [5, 5.41) is 25.3. The molecule has 1 spiro atoms. The Morgan fingerprint density at radius 3 is 2.02 bits per heavy atom. The van der Waals surface area contributed by atoms with Crippen LogP contribution in [0.15, 0.2) is 103 Å². The highest BCUT2D eigenvalue weighted by Crippen LogP contribution is 2.65. The number of likely N-dealkylation sites (tertiary alicyclic amines) is 1. The first-order chi connectivity index (χ1) is 28.3. The van der Waals surface area contributed by atoms with Crippen LogP contribution in [0.1, 0.15) is 117 Å². The van der Waals surface area contributed by atoms with Crippen molar-refractivity contribution in [1.82, 2.24) is 9.80 Å². The predicted molar refractivity (Wildman–Crippen MR) is 220 cm³/mol. The van der Waals surface area contributed by atoms with Crippen molar-refractivity contribution in [2.75, 3.05) is 18.4 Å². The van der Waals surface area contributed by atoms with Gasteiger partial charge in [0.05, 0.1) is 18.0 Å². The summed E-state index contributed by atoms with van der Waals surface area (Å²) < 4.78 is 6.57. The smallest absolute Gasteiger partial charge is 0.324 e. The quantitative estimate of drug-likeness (QED) is 0.110. The summed E-state index contributed by atoms with van der Waals surface area (Å²) in [7, 11) is 0. The number of hydrogen-bond acceptors (Lipinski definition) is 7. The Morgan fingerprint density at radius 1 is 0.724 bits per heavy atom. The number of anilines is 1. The van der Waals surface area contributed by atoms with E-state index in [2.05, 4.69) is 22.1 Å². The summed E-state index contributed by atoms with van der Waals surface area (Å²) in [6.45, 7) is 1.06. The lowest BCUT2D eigenvalue weighted by molar-refractivity contribution is -0.179. The van der Waals surface area contributed by atoms with Crippen molar-refractivity contribution in [2.24, 2.45) is 5.92 Å². The minimum Gasteiger partial charge on any atom is -0.508 e. The Labute approximate surface area is 340 Å². The molecule has 4 aliphatic heterocycles. The van der Waals surface area contributed by atoms with Crippen LogP contribution >= 0.6 is 0 Å². The maximum absolute atomic E-state index is 15.7. The van der Waals surface area contributed by atoms with E-state index in [9.17, 15) is 10.2 Å². The number of ether oxygens (including phenoxy) is 1. The molecule has 4 aromatic rings. The molecule has 4 heterocycles. The molecule has 1 saturated carbocycles. The van der Waals surface area contributed by atoms with E-state index >= 15 is 14.4 Å². The number of carbonyl (C=O) groups excluding carboxylic acids is 3. The molecule has 3 N–H and O–H groups in total. The number of hydrogen-bond donors (Lipinski definition) is 3. The molecule has 9 heteroatoms. The Balaban J connectivity index is 1.30. The van der Waals surface area contributed by atoms with Crippen LogP contribution in [0.25, 0.3) is 0 Å². The zero-order valence-corrected chi connectivity index (χ0v) is 32.8. The highest BCUT2D eigenvalue weighted by atomic mass is 16.6. The number of benzene rings is 4. The van der Waals surface area contributed by atoms with Crippen LogP contribution in [0.3, 0.4) is 0 Å². The first-order valence-corrected chi connectivity index (χ1v) is 21.2. The predicted octanol–water partition coefficient (Wildman–Crippen LogP) is 7.89. The second kappa shape index (κ2) is 15.7. The van der Waals surface area contributed by atoms with Crippen molar-refractivity contribution < 1.29 is 29.3 Å². The number of morpholine rings is 1. The molecule has 58 heavy (non-hydrogen) atoms. The van der Waals surface area contributed by atoms with Crippen molar-refractivity contribution >= 4 is 23.5 Å². The number of phenols is 1. The van der Waals surface area contributed by atoms with Gasteiger partial charge in [-0.3, -0.25) is 19.3 Å². The van der Waals surface area contributed by atoms with E-state index in [0.29, 0.717) is 48.3 Å². The number of cyclic esters (lactones) is 1. The molecule has 4 aromatic carbocycles. The summed E-state index contributed by atoms with van der Waals surface area (Å²) in [5.74, 6) is 4.21. The zero-order valence-electron chi connectivity index (χ0n) is 32.8. The van der Waals surface area contributed by atoms with Crippen LogP contribution in [-0.2, 0) is 24.5 Å². The maximum Gasteiger partial charge on any atom is 0.324 e. The first kappa shape index (κ1) is 38.1. The van der Waals surface area contributed by atoms with Crippen LogP contribution in [0, 0.1) is 17.8 Å². The molecule has 0 radical (unpaired) electrons. The maximum atomic E-state index is 15.7. The third-order valence-electron chi connectivity index (χ3n) is 13.3. The van der Waals surface area contributed by atoms with Crippen molar-refractivity contribution in [2.45, 2.75) is 106 Å². The normalized spacial score (nSPS) is 28.2. The number of rotatable bonds is 4. The molecule has 1 aliphatic carbocycles. The van der Waals surface area contributed by atoms with E-state index < -0.39 is 47.1 Å². The van der Waals surface area contributed by atoms with Gasteiger partial charge in [0.2, 0.25) is 11.8 Å². The molecule has 2 amide bonds. The van der Waals surface area contributed by atoms with Crippen molar-refractivity contribution in [3.63, 3.8) is 0 Å². The first-order valence-electron chi connectivity index (χ1n) is 21.2. The third kappa shape index (κ3) is 6.66. The van der Waals surface area contributed by atoms with Crippen molar-refractivity contribution in [3.8, 4) is 17.6 Å². The van der Waals surface area contributed by atoms with Gasteiger partial charge in [0.1, 0.15) is 28.9 Å². The summed E-state index contributed by atoms with van der Waals surface area (Å²) in [6.07, 6.45) is 9.17. The van der Waals surface area contributed by atoms with Gasteiger partial charge in [0.15, 0.2) is 0 Å². The molecular weight excluding hydrogens is 727 g/mol. The average molecular weight is 778 g/mol. The number of aliphatic hydroxyl groups is 1. The minimum absolute atomic E-state index is 0.0608. The molecule has 4 fully saturated rings. The fourth-order valence-corrected chi connectivity index (χ4v) is 10.6. The van der Waals surface area contributed by atoms with E-state index in [1.807, 2.05) is 83.8 Å². The fourth-order valence-electron chi connectivity index (χ4n) is 10.6. The number of amides is 2. The fraction of sp³-hybridized carbons (Fsp3) is 0.408. The lowest BCUT2D eigenvalue weighted by Gasteiger charge is -2.46. The number of carbonyl (C=O) groups is 3. The molecule has 5 aliphatic rings. The molecule has 9 rings (SSSR count). The van der Waals surface area contributed by atoms with E-state index in [1.165, 1.54) is 0 Å². The van der Waals surface area contributed by atoms with E-state index in [0.717, 1.165) is 68.9 Å². The minimum atomic E-state index is -1.62. The van der Waals surface area contributed by atoms with Gasteiger partial charge in [0, 0.05) is 24.3 Å². The lowest BCUT2D eigenvalue weighted by atomic mass is 9.65. The zero-order chi connectivity index (χ0) is 39.9. The number of aromatic hydroxyl groups is 1. The van der Waals surface area contributed by atoms with Gasteiger partial charge in [-0.15, -0.1) is 0 Å². The van der Waals surface area contributed by atoms with Crippen LogP contribution in [0.4, 0.5) is 5.69 Å². The van der Waals surface area contributed by atoms with E-state index in [1.54, 1.807) is 24.3 Å². The summed E-state index contributed by atoms with van der Waals surface area (Å²) >= 11 is 0.